The molecule has 0 aliphatic rings. The van der Waals surface area contributed by atoms with Gasteiger partial charge in [0.15, 0.2) is 0 Å². The number of hydrogen-bond donors (Lipinski definition) is 2. The molecule has 0 atom stereocenters. The van der Waals surface area contributed by atoms with Gasteiger partial charge in [0.25, 0.3) is 0 Å². The van der Waals surface area contributed by atoms with Crippen LogP contribution in [-0.4, -0.2) is 30.8 Å². The predicted octanol–water partition coefficient (Wildman–Crippen LogP) is 4.88. The molecule has 3 aromatic carbocycles. The number of hydrogen-bond acceptors (Lipinski definition) is 4. The lowest BCUT2D eigenvalue weighted by atomic mass is 10.1. The van der Waals surface area contributed by atoms with Gasteiger partial charge in [-0.15, -0.1) is 0 Å². The van der Waals surface area contributed by atoms with Crippen LogP contribution in [0.5, 0.6) is 11.5 Å². The van der Waals surface area contributed by atoms with Gasteiger partial charge >= 0.3 is 5.97 Å². The molecule has 3 rings (SSSR count). The van der Waals surface area contributed by atoms with E-state index in [1.54, 1.807) is 0 Å². The Labute approximate surface area is 190 Å². The van der Waals surface area contributed by atoms with E-state index < -0.39 is 5.97 Å². The Morgan fingerprint density at radius 1 is 0.719 bits per heavy atom. The van der Waals surface area contributed by atoms with Crippen molar-refractivity contribution in [2.75, 3.05) is 19.7 Å². The number of ether oxygens (including phenoxy) is 2. The summed E-state index contributed by atoms with van der Waals surface area (Å²) in [6.07, 6.45) is 2.94. The summed E-state index contributed by atoms with van der Waals surface area (Å²) in [7, 11) is 0. The molecule has 5 heteroatoms. The maximum absolute atomic E-state index is 10.5. The Hall–Kier alpha value is -3.31. The van der Waals surface area contributed by atoms with Crippen molar-refractivity contribution < 1.29 is 19.4 Å². The average molecular weight is 434 g/mol. The molecule has 0 amide bonds. The number of aryl methyl sites for hydroxylation is 1. The maximum Gasteiger partial charge on any atom is 0.304 e. The van der Waals surface area contributed by atoms with Crippen LogP contribution in [0, 0.1) is 0 Å². The van der Waals surface area contributed by atoms with Crippen LogP contribution in [0.3, 0.4) is 0 Å². The minimum Gasteiger partial charge on any atom is -0.493 e. The van der Waals surface area contributed by atoms with Crippen LogP contribution in [0.15, 0.2) is 78.9 Å². The van der Waals surface area contributed by atoms with Gasteiger partial charge in [-0.05, 0) is 60.3 Å². The van der Waals surface area contributed by atoms with Crippen LogP contribution < -0.4 is 14.8 Å². The lowest BCUT2D eigenvalue weighted by molar-refractivity contribution is -0.136. The molecular weight excluding hydrogens is 402 g/mol. The Balaban J connectivity index is 1.31. The van der Waals surface area contributed by atoms with Crippen LogP contribution in [0.2, 0.25) is 0 Å². The van der Waals surface area contributed by atoms with Crippen molar-refractivity contribution in [2.24, 2.45) is 0 Å². The standard InChI is InChI=1S/C27H31NO4/c29-27(30)16-19-28-18-4-7-22-8-12-25(13-9-22)31-20-17-23-10-14-26(15-11-23)32-21-24-5-2-1-3-6-24/h1-3,5-6,8-15,28H,4,7,16-21H2,(H,29,30). The zero-order valence-electron chi connectivity index (χ0n) is 18.3. The van der Waals surface area contributed by atoms with Gasteiger partial charge in [0.2, 0.25) is 0 Å². The van der Waals surface area contributed by atoms with E-state index in [1.165, 1.54) is 11.1 Å². The molecule has 5 nitrogen and oxygen atoms in total. The lowest BCUT2D eigenvalue weighted by Gasteiger charge is -2.09. The molecule has 0 fully saturated rings. The summed E-state index contributed by atoms with van der Waals surface area (Å²) in [5.74, 6) is 0.972. The minimum absolute atomic E-state index is 0.165. The average Bonchev–Trinajstić information content (AvgIpc) is 2.82. The van der Waals surface area contributed by atoms with Gasteiger partial charge in [0, 0.05) is 13.0 Å². The number of benzene rings is 3. The van der Waals surface area contributed by atoms with Crippen molar-refractivity contribution in [3.05, 3.63) is 95.6 Å². The van der Waals surface area contributed by atoms with Gasteiger partial charge in [0.1, 0.15) is 18.1 Å². The number of carboxylic acids is 1. The molecular formula is C27H31NO4. The van der Waals surface area contributed by atoms with E-state index in [2.05, 4.69) is 41.7 Å². The maximum atomic E-state index is 10.5. The summed E-state index contributed by atoms with van der Waals surface area (Å²) in [5, 5.41) is 11.8. The molecule has 0 radical (unpaired) electrons. The highest BCUT2D eigenvalue weighted by Gasteiger charge is 2.00. The molecule has 3 aromatic rings. The van der Waals surface area contributed by atoms with Gasteiger partial charge in [-0.3, -0.25) is 4.79 Å². The largest absolute Gasteiger partial charge is 0.493 e. The van der Waals surface area contributed by atoms with E-state index in [4.69, 9.17) is 14.6 Å². The second-order valence-electron chi connectivity index (χ2n) is 7.66. The summed E-state index contributed by atoms with van der Waals surface area (Å²) in [5.41, 5.74) is 3.62. The van der Waals surface area contributed by atoms with Crippen molar-refractivity contribution in [3.8, 4) is 11.5 Å². The summed E-state index contributed by atoms with van der Waals surface area (Å²) in [6, 6.07) is 26.5. The number of carboxylic acid groups (broad SMARTS) is 1. The smallest absolute Gasteiger partial charge is 0.304 e. The van der Waals surface area contributed by atoms with Crippen LogP contribution in [0.25, 0.3) is 0 Å². The molecule has 0 saturated carbocycles. The zero-order chi connectivity index (χ0) is 22.4. The molecule has 168 valence electrons. The molecule has 0 saturated heterocycles. The third-order valence-electron chi connectivity index (χ3n) is 5.09. The highest BCUT2D eigenvalue weighted by molar-refractivity contribution is 5.66. The summed E-state index contributed by atoms with van der Waals surface area (Å²) in [4.78, 5) is 10.5. The fraction of sp³-hybridized carbons (Fsp3) is 0.296. The third-order valence-corrected chi connectivity index (χ3v) is 5.09. The van der Waals surface area contributed by atoms with E-state index in [9.17, 15) is 4.79 Å². The van der Waals surface area contributed by atoms with E-state index in [0.717, 1.165) is 42.9 Å². The first-order chi connectivity index (χ1) is 15.7. The molecule has 0 unspecified atom stereocenters. The summed E-state index contributed by atoms with van der Waals surface area (Å²) in [6.45, 7) is 2.53. The molecule has 0 aromatic heterocycles. The highest BCUT2D eigenvalue weighted by Crippen LogP contribution is 2.16. The highest BCUT2D eigenvalue weighted by atomic mass is 16.5. The number of aliphatic carboxylic acids is 1. The van der Waals surface area contributed by atoms with Crippen molar-refractivity contribution in [1.29, 1.82) is 0 Å². The number of carbonyl (C=O) groups is 1. The van der Waals surface area contributed by atoms with Crippen molar-refractivity contribution in [2.45, 2.75) is 32.3 Å². The van der Waals surface area contributed by atoms with Crippen LogP contribution >= 0.6 is 0 Å². The predicted molar refractivity (Wildman–Crippen MR) is 126 cm³/mol. The molecule has 32 heavy (non-hydrogen) atoms. The molecule has 0 aliphatic carbocycles. The van der Waals surface area contributed by atoms with E-state index in [1.807, 2.05) is 42.5 Å². The van der Waals surface area contributed by atoms with Gasteiger partial charge in [-0.2, -0.15) is 0 Å². The zero-order valence-corrected chi connectivity index (χ0v) is 18.3. The lowest BCUT2D eigenvalue weighted by Crippen LogP contribution is -2.19. The SMILES string of the molecule is O=C(O)CCNCCCc1ccc(OCCc2ccc(OCc3ccccc3)cc2)cc1. The van der Waals surface area contributed by atoms with Crippen molar-refractivity contribution >= 4 is 5.97 Å². The molecule has 0 heterocycles. The third kappa shape index (κ3) is 8.82. The van der Waals surface area contributed by atoms with Gasteiger partial charge < -0.3 is 19.9 Å². The monoisotopic (exact) mass is 433 g/mol. The summed E-state index contributed by atoms with van der Waals surface area (Å²) < 4.78 is 11.7. The first kappa shape index (κ1) is 23.4. The van der Waals surface area contributed by atoms with E-state index >= 15 is 0 Å². The van der Waals surface area contributed by atoms with Crippen molar-refractivity contribution in [1.82, 2.24) is 5.32 Å². The van der Waals surface area contributed by atoms with Gasteiger partial charge in [-0.1, -0.05) is 54.6 Å². The summed E-state index contributed by atoms with van der Waals surface area (Å²) >= 11 is 0. The van der Waals surface area contributed by atoms with E-state index in [0.29, 0.717) is 19.8 Å². The number of nitrogens with one attached hydrogen (secondary N) is 1. The van der Waals surface area contributed by atoms with Gasteiger partial charge in [-0.25, -0.2) is 0 Å². The minimum atomic E-state index is -0.766. The Kier molecular flexibility index (Phi) is 9.62. The van der Waals surface area contributed by atoms with E-state index in [-0.39, 0.29) is 6.42 Å². The first-order valence-electron chi connectivity index (χ1n) is 11.1. The topological polar surface area (TPSA) is 67.8 Å². The second-order valence-corrected chi connectivity index (χ2v) is 7.66. The number of rotatable bonds is 14. The van der Waals surface area contributed by atoms with Crippen molar-refractivity contribution in [3.63, 3.8) is 0 Å². The molecule has 0 aliphatic heterocycles. The molecule has 2 N–H and O–H groups in total. The second kappa shape index (κ2) is 13.2. The Morgan fingerprint density at radius 2 is 1.34 bits per heavy atom. The fourth-order valence-corrected chi connectivity index (χ4v) is 3.27. The Morgan fingerprint density at radius 3 is 2.00 bits per heavy atom. The van der Waals surface area contributed by atoms with Crippen LogP contribution in [0.1, 0.15) is 29.5 Å². The molecule has 0 spiro atoms. The Bertz CT molecular complexity index is 924. The van der Waals surface area contributed by atoms with Gasteiger partial charge in [0.05, 0.1) is 13.0 Å². The molecule has 0 bridgehead atoms. The quantitative estimate of drug-likeness (QED) is 0.355. The van der Waals surface area contributed by atoms with Crippen LogP contribution in [-0.2, 0) is 24.2 Å². The fourth-order valence-electron chi connectivity index (χ4n) is 3.27. The van der Waals surface area contributed by atoms with Crippen LogP contribution in [0.4, 0.5) is 0 Å². The first-order valence-corrected chi connectivity index (χ1v) is 11.1. The normalized spacial score (nSPS) is 10.6.